The molecule has 7 rings (SSSR count). The van der Waals surface area contributed by atoms with Crippen molar-refractivity contribution in [1.29, 1.82) is 0 Å². The molecule has 3 aromatic rings. The molecule has 0 radical (unpaired) electrons. The van der Waals surface area contributed by atoms with Crippen molar-refractivity contribution in [2.45, 2.75) is 82.9 Å². The molecule has 3 aliphatic heterocycles. The Morgan fingerprint density at radius 3 is 2.48 bits per heavy atom. The van der Waals surface area contributed by atoms with E-state index in [-0.39, 0.29) is 18.4 Å². The highest BCUT2D eigenvalue weighted by molar-refractivity contribution is 6.26. The first-order valence-electron chi connectivity index (χ1n) is 18.4. The third kappa shape index (κ3) is 8.57. The number of hydrogen-bond donors (Lipinski definition) is 3. The lowest BCUT2D eigenvalue weighted by Gasteiger charge is -2.53. The number of ether oxygens (including phenoxy) is 3. The number of aliphatic hydroxyl groups excluding tert-OH is 1. The van der Waals surface area contributed by atoms with E-state index in [2.05, 4.69) is 54.7 Å². The Hall–Kier alpha value is -3.04. The number of hydrogen-bond acceptors (Lipinski definition) is 6. The van der Waals surface area contributed by atoms with Crippen molar-refractivity contribution in [3.8, 4) is 17.2 Å². The molecule has 48 heavy (non-hydrogen) atoms. The van der Waals surface area contributed by atoms with E-state index in [9.17, 15) is 10.2 Å². The molecule has 2 bridgehead atoms. The van der Waals surface area contributed by atoms with Gasteiger partial charge < -0.3 is 34.1 Å². The van der Waals surface area contributed by atoms with Crippen LogP contribution in [0.4, 0.5) is 0 Å². The van der Waals surface area contributed by atoms with Gasteiger partial charge in [-0.2, -0.15) is 0 Å². The summed E-state index contributed by atoms with van der Waals surface area (Å²) in [6, 6.07) is 22.9. The Morgan fingerprint density at radius 1 is 0.938 bits per heavy atom. The first-order valence-corrected chi connectivity index (χ1v) is 18.4. The van der Waals surface area contributed by atoms with Crippen LogP contribution in [0.25, 0.3) is 0 Å². The highest BCUT2D eigenvalue weighted by Crippen LogP contribution is 2.40. The minimum atomic E-state index is -0.163. The fraction of sp³-hybridized carbons (Fsp3) is 0.550. The molecule has 3 N–H and O–H groups in total. The SMILES string of the molecule is COc1cc([C@@H](C)NCCc2ccc(O)c(CO)c2)ccc1OCCB[N+]12CCC(CC1)[C@H](OCC(c1ccccc1)C1CCCC1)C2. The van der Waals surface area contributed by atoms with Crippen LogP contribution in [0.1, 0.15) is 79.7 Å². The molecule has 0 amide bonds. The second-order valence-electron chi connectivity index (χ2n) is 14.6. The van der Waals surface area contributed by atoms with E-state index >= 15 is 0 Å². The van der Waals surface area contributed by atoms with Gasteiger partial charge in [0, 0.05) is 42.6 Å². The Balaban J connectivity index is 0.967. The molecule has 258 valence electrons. The van der Waals surface area contributed by atoms with Gasteiger partial charge in [0.2, 0.25) is 0 Å². The Labute approximate surface area is 288 Å². The maximum absolute atomic E-state index is 9.82. The Kier molecular flexibility index (Phi) is 12.0. The fourth-order valence-corrected chi connectivity index (χ4v) is 8.64. The molecule has 0 spiro atoms. The summed E-state index contributed by atoms with van der Waals surface area (Å²) in [5.41, 5.74) is 4.25. The van der Waals surface area contributed by atoms with Gasteiger partial charge in [-0.1, -0.05) is 55.3 Å². The predicted octanol–water partition coefficient (Wildman–Crippen LogP) is 6.53. The molecule has 1 aliphatic carbocycles. The molecule has 3 atom stereocenters. The smallest absolute Gasteiger partial charge is 0.393 e. The lowest BCUT2D eigenvalue weighted by molar-refractivity contribution is -0.846. The molecule has 4 aliphatic rings. The van der Waals surface area contributed by atoms with Crippen LogP contribution in [0.2, 0.25) is 6.32 Å². The highest BCUT2D eigenvalue weighted by atomic mass is 16.5. The average molecular weight is 656 g/mol. The number of phenols is 1. The average Bonchev–Trinajstić information content (AvgIpc) is 3.66. The van der Waals surface area contributed by atoms with Crippen molar-refractivity contribution in [2.24, 2.45) is 11.8 Å². The summed E-state index contributed by atoms with van der Waals surface area (Å²) in [6.07, 6.45) is 10.2. The minimum absolute atomic E-state index is 0.136. The quantitative estimate of drug-likeness (QED) is 0.113. The zero-order valence-electron chi connectivity index (χ0n) is 29.1. The van der Waals surface area contributed by atoms with Crippen molar-refractivity contribution in [3.63, 3.8) is 0 Å². The summed E-state index contributed by atoms with van der Waals surface area (Å²) >= 11 is 0. The van der Waals surface area contributed by atoms with E-state index in [0.717, 1.165) is 68.4 Å². The van der Waals surface area contributed by atoms with Crippen LogP contribution in [0.3, 0.4) is 0 Å². The molecule has 7 nitrogen and oxygen atoms in total. The number of nitrogens with one attached hydrogen (secondary N) is 1. The summed E-state index contributed by atoms with van der Waals surface area (Å²) < 4.78 is 20.1. The van der Waals surface area contributed by atoms with Crippen LogP contribution in [-0.2, 0) is 17.8 Å². The van der Waals surface area contributed by atoms with Crippen LogP contribution in [0.15, 0.2) is 66.7 Å². The second kappa shape index (κ2) is 16.6. The van der Waals surface area contributed by atoms with Gasteiger partial charge in [0.25, 0.3) is 0 Å². The minimum Gasteiger partial charge on any atom is -0.508 e. The van der Waals surface area contributed by atoms with Gasteiger partial charge in [-0.05, 0) is 79.6 Å². The molecular weight excluding hydrogens is 599 g/mol. The summed E-state index contributed by atoms with van der Waals surface area (Å²) in [6.45, 7) is 8.00. The van der Waals surface area contributed by atoms with Gasteiger partial charge in [0.1, 0.15) is 11.9 Å². The zero-order valence-corrected chi connectivity index (χ0v) is 29.1. The number of rotatable bonds is 17. The van der Waals surface area contributed by atoms with Crippen molar-refractivity contribution in [1.82, 2.24) is 5.32 Å². The fourth-order valence-electron chi connectivity index (χ4n) is 8.64. The molecule has 1 unspecified atom stereocenters. The molecular formula is C40H56BN2O5+. The first-order chi connectivity index (χ1) is 23.5. The third-order valence-corrected chi connectivity index (χ3v) is 11.6. The van der Waals surface area contributed by atoms with Crippen LogP contribution < -0.4 is 14.8 Å². The van der Waals surface area contributed by atoms with Crippen LogP contribution >= 0.6 is 0 Å². The van der Waals surface area contributed by atoms with Crippen molar-refractivity contribution in [2.75, 3.05) is 46.5 Å². The molecule has 4 fully saturated rings. The molecule has 0 aromatic heterocycles. The number of fused-ring (bicyclic) bond motifs is 3. The predicted molar refractivity (Wildman–Crippen MR) is 193 cm³/mol. The normalized spacial score (nSPS) is 23.6. The molecule has 1 saturated carbocycles. The number of piperidine rings is 3. The Morgan fingerprint density at radius 2 is 1.73 bits per heavy atom. The van der Waals surface area contributed by atoms with E-state index in [4.69, 9.17) is 14.2 Å². The van der Waals surface area contributed by atoms with Gasteiger partial charge in [0.15, 0.2) is 11.5 Å². The van der Waals surface area contributed by atoms with Crippen molar-refractivity contribution in [3.05, 3.63) is 89.0 Å². The number of aliphatic hydroxyl groups is 1. The number of nitrogens with zero attached hydrogens (tertiary/aromatic N) is 1. The highest BCUT2D eigenvalue weighted by Gasteiger charge is 2.46. The largest absolute Gasteiger partial charge is 0.508 e. The standard InChI is InChI=1S/C40H55BN2O5/c1-29(42-20-16-30-12-14-37(45)35(24-30)27-44)34-13-15-38(39(25-34)46-2)47-23-19-41-43-21-17-33(18-22-43)40(26-43)48-28-36(32-10-6-7-11-32)31-8-4-3-5-9-31/h3-5,8-9,12-15,24-25,29,32-33,36,40-42,44H,6-7,10-11,16-23,26-28H2,1-2H3/p+1/t29-,33?,36?,40-,43?/m1/s1. The number of aromatic hydroxyl groups is 1. The Bertz CT molecular complexity index is 1440. The van der Waals surface area contributed by atoms with Crippen LogP contribution in [0.5, 0.6) is 17.2 Å². The van der Waals surface area contributed by atoms with E-state index in [1.807, 2.05) is 18.2 Å². The summed E-state index contributed by atoms with van der Waals surface area (Å²) in [5.74, 6) is 3.70. The van der Waals surface area contributed by atoms with Gasteiger partial charge in [-0.25, -0.2) is 0 Å². The lowest BCUT2D eigenvalue weighted by atomic mass is 9.72. The molecule has 8 heteroatoms. The van der Waals surface area contributed by atoms with E-state index in [1.54, 1.807) is 13.2 Å². The van der Waals surface area contributed by atoms with Crippen molar-refractivity contribution < 1.29 is 28.8 Å². The maximum atomic E-state index is 9.82. The topological polar surface area (TPSA) is 80.2 Å². The maximum Gasteiger partial charge on any atom is 0.393 e. The van der Waals surface area contributed by atoms with E-state index in [0.29, 0.717) is 30.1 Å². The van der Waals surface area contributed by atoms with Gasteiger partial charge in [0.05, 0.1) is 46.6 Å². The van der Waals surface area contributed by atoms with Crippen molar-refractivity contribution >= 4 is 7.41 Å². The molecule has 3 aromatic carbocycles. The van der Waals surface area contributed by atoms with Gasteiger partial charge >= 0.3 is 7.41 Å². The number of methoxy groups -OCH3 is 1. The summed E-state index contributed by atoms with van der Waals surface area (Å²) in [4.78, 5) is 0. The van der Waals surface area contributed by atoms with Crippen LogP contribution in [-0.4, -0.2) is 74.6 Å². The first kappa shape index (κ1) is 34.8. The van der Waals surface area contributed by atoms with Gasteiger partial charge in [-0.3, -0.25) is 0 Å². The second-order valence-corrected chi connectivity index (χ2v) is 14.6. The monoisotopic (exact) mass is 655 g/mol. The number of quaternary nitrogens is 1. The summed E-state index contributed by atoms with van der Waals surface area (Å²) in [7, 11) is 2.85. The third-order valence-electron chi connectivity index (χ3n) is 11.6. The zero-order chi connectivity index (χ0) is 33.3. The van der Waals surface area contributed by atoms with Crippen LogP contribution in [0, 0.1) is 11.8 Å². The van der Waals surface area contributed by atoms with E-state index in [1.165, 1.54) is 61.6 Å². The molecule has 3 saturated heterocycles. The lowest BCUT2D eigenvalue weighted by Crippen LogP contribution is -2.65. The van der Waals surface area contributed by atoms with E-state index < -0.39 is 0 Å². The molecule has 3 heterocycles. The number of benzene rings is 3. The van der Waals surface area contributed by atoms with Gasteiger partial charge in [-0.15, -0.1) is 0 Å². The summed E-state index contributed by atoms with van der Waals surface area (Å²) in [5, 5.41) is 22.8.